The zero-order valence-corrected chi connectivity index (χ0v) is 13.9. The molecule has 5 nitrogen and oxygen atoms in total. The monoisotopic (exact) mass is 375 g/mol. The van der Waals surface area contributed by atoms with Crippen LogP contribution in [0.25, 0.3) is 10.9 Å². The maximum atomic E-state index is 11.3. The van der Waals surface area contributed by atoms with Crippen molar-refractivity contribution in [1.29, 1.82) is 0 Å². The summed E-state index contributed by atoms with van der Waals surface area (Å²) in [6.07, 6.45) is 0.452. The van der Waals surface area contributed by atoms with Crippen LogP contribution in [-0.4, -0.2) is 22.9 Å². The van der Waals surface area contributed by atoms with Crippen molar-refractivity contribution in [1.82, 2.24) is 4.57 Å². The number of halogens is 1. The summed E-state index contributed by atoms with van der Waals surface area (Å²) in [5.41, 5.74) is 1.57. The van der Waals surface area contributed by atoms with Crippen LogP contribution in [0.15, 0.2) is 53.1 Å². The number of carboxylic acid groups (broad SMARTS) is 1. The number of nitrogens with zero attached hydrogens (tertiary/aromatic N) is 1. The number of hydrogen-bond acceptors (Lipinski definition) is 3. The molecule has 1 heterocycles. The van der Waals surface area contributed by atoms with Crippen LogP contribution in [0.4, 0.5) is 4.79 Å². The van der Waals surface area contributed by atoms with Gasteiger partial charge in [-0.05, 0) is 27.6 Å². The Kier molecular flexibility index (Phi) is 4.25. The second-order valence-corrected chi connectivity index (χ2v) is 5.78. The first-order valence-corrected chi connectivity index (χ1v) is 7.68. The van der Waals surface area contributed by atoms with Gasteiger partial charge in [-0.15, -0.1) is 0 Å². The Bertz CT molecular complexity index is 858. The molecular formula is C17H14BrNO4. The molecule has 0 aliphatic carbocycles. The molecule has 0 unspecified atom stereocenters. The lowest BCUT2D eigenvalue weighted by atomic mass is 10.2. The quantitative estimate of drug-likeness (QED) is 0.728. The molecule has 0 radical (unpaired) electrons. The van der Waals surface area contributed by atoms with Gasteiger partial charge in [0.25, 0.3) is 0 Å². The lowest BCUT2D eigenvalue weighted by Gasteiger charge is -2.11. The second-order valence-electron chi connectivity index (χ2n) is 4.92. The van der Waals surface area contributed by atoms with E-state index in [4.69, 9.17) is 9.47 Å². The van der Waals surface area contributed by atoms with Crippen molar-refractivity contribution in [3.63, 3.8) is 0 Å². The van der Waals surface area contributed by atoms with Gasteiger partial charge in [0.05, 0.1) is 12.6 Å². The lowest BCUT2D eigenvalue weighted by molar-refractivity contribution is 0.197. The van der Waals surface area contributed by atoms with Crippen LogP contribution in [0.1, 0.15) is 5.56 Å². The molecule has 3 aromatic rings. The molecule has 118 valence electrons. The van der Waals surface area contributed by atoms with Crippen molar-refractivity contribution in [3.8, 4) is 11.5 Å². The Morgan fingerprint density at radius 2 is 1.96 bits per heavy atom. The number of fused-ring (bicyclic) bond motifs is 1. The van der Waals surface area contributed by atoms with Gasteiger partial charge in [-0.1, -0.05) is 30.3 Å². The minimum atomic E-state index is -1.05. The normalized spacial score (nSPS) is 10.7. The van der Waals surface area contributed by atoms with E-state index in [0.717, 1.165) is 15.5 Å². The first-order valence-electron chi connectivity index (χ1n) is 6.88. The fourth-order valence-electron chi connectivity index (χ4n) is 2.36. The highest BCUT2D eigenvalue weighted by Crippen LogP contribution is 2.37. The molecule has 0 amide bonds. The summed E-state index contributed by atoms with van der Waals surface area (Å²) in [5, 5.41) is 10.00. The highest BCUT2D eigenvalue weighted by Gasteiger charge is 2.16. The predicted octanol–water partition coefficient (Wildman–Crippen LogP) is 4.52. The Labute approximate surface area is 141 Å². The maximum absolute atomic E-state index is 11.3. The minimum Gasteiger partial charge on any atom is -0.493 e. The van der Waals surface area contributed by atoms with E-state index in [1.54, 1.807) is 12.1 Å². The summed E-state index contributed by atoms with van der Waals surface area (Å²) >= 11 is 3.38. The van der Waals surface area contributed by atoms with Crippen molar-refractivity contribution in [2.45, 2.75) is 6.61 Å². The van der Waals surface area contributed by atoms with Crippen LogP contribution in [0.3, 0.4) is 0 Å². The van der Waals surface area contributed by atoms with Gasteiger partial charge in [0.15, 0.2) is 11.5 Å². The molecule has 0 aliphatic rings. The predicted molar refractivity (Wildman–Crippen MR) is 90.4 cm³/mol. The largest absolute Gasteiger partial charge is 0.493 e. The molecule has 0 aliphatic heterocycles. The van der Waals surface area contributed by atoms with Crippen molar-refractivity contribution < 1.29 is 19.4 Å². The topological polar surface area (TPSA) is 60.7 Å². The summed E-state index contributed by atoms with van der Waals surface area (Å²) in [6.45, 7) is 0.403. The lowest BCUT2D eigenvalue weighted by Crippen LogP contribution is -2.06. The highest BCUT2D eigenvalue weighted by molar-refractivity contribution is 9.10. The smallest absolute Gasteiger partial charge is 0.416 e. The molecule has 23 heavy (non-hydrogen) atoms. The average molecular weight is 376 g/mol. The van der Waals surface area contributed by atoms with Gasteiger partial charge in [-0.25, -0.2) is 4.79 Å². The van der Waals surface area contributed by atoms with Gasteiger partial charge in [0, 0.05) is 22.1 Å². The first kappa shape index (κ1) is 15.4. The average Bonchev–Trinajstić information content (AvgIpc) is 2.89. The SMILES string of the molecule is COc1cc2c(cc1OCc1ccccc1)c(Br)cn2C(=O)O. The molecule has 0 bridgehead atoms. The van der Waals surface area contributed by atoms with Crippen molar-refractivity contribution >= 4 is 32.9 Å². The highest BCUT2D eigenvalue weighted by atomic mass is 79.9. The van der Waals surface area contributed by atoms with Crippen LogP contribution in [-0.2, 0) is 6.61 Å². The number of benzene rings is 2. The molecule has 6 heteroatoms. The number of rotatable bonds is 4. The Hall–Kier alpha value is -2.47. The van der Waals surface area contributed by atoms with E-state index >= 15 is 0 Å². The summed E-state index contributed by atoms with van der Waals surface area (Å²) in [4.78, 5) is 11.3. The van der Waals surface area contributed by atoms with Gasteiger partial charge in [0.1, 0.15) is 6.61 Å². The third-order valence-electron chi connectivity index (χ3n) is 3.48. The minimum absolute atomic E-state index is 0.403. The van der Waals surface area contributed by atoms with Crippen molar-refractivity contribution in [2.75, 3.05) is 7.11 Å². The number of hydrogen-bond donors (Lipinski definition) is 1. The molecule has 3 rings (SSSR count). The van der Waals surface area contributed by atoms with E-state index in [9.17, 15) is 9.90 Å². The molecule has 0 atom stereocenters. The number of ether oxygens (including phenoxy) is 2. The van der Waals surface area contributed by atoms with Gasteiger partial charge < -0.3 is 14.6 Å². The summed E-state index contributed by atoms with van der Waals surface area (Å²) < 4.78 is 13.0. The van der Waals surface area contributed by atoms with Gasteiger partial charge in [-0.2, -0.15) is 0 Å². The third kappa shape index (κ3) is 3.03. The zero-order chi connectivity index (χ0) is 16.4. The fourth-order valence-corrected chi connectivity index (χ4v) is 2.88. The molecule has 0 fully saturated rings. The van der Waals surface area contributed by atoms with E-state index in [0.29, 0.717) is 28.1 Å². The number of carbonyl (C=O) groups is 1. The molecule has 2 aromatic carbocycles. The van der Waals surface area contributed by atoms with Gasteiger partial charge >= 0.3 is 6.09 Å². The Morgan fingerprint density at radius 1 is 1.22 bits per heavy atom. The second kappa shape index (κ2) is 6.34. The van der Waals surface area contributed by atoms with Crippen LogP contribution < -0.4 is 9.47 Å². The number of methoxy groups -OCH3 is 1. The Morgan fingerprint density at radius 3 is 2.61 bits per heavy atom. The molecule has 1 aromatic heterocycles. The fraction of sp³-hybridized carbons (Fsp3) is 0.118. The summed E-state index contributed by atoms with van der Waals surface area (Å²) in [6, 6.07) is 13.2. The molecule has 0 spiro atoms. The molecular weight excluding hydrogens is 362 g/mol. The van der Waals surface area contributed by atoms with E-state index < -0.39 is 6.09 Å². The number of aromatic nitrogens is 1. The molecule has 0 saturated carbocycles. The van der Waals surface area contributed by atoms with Crippen LogP contribution >= 0.6 is 15.9 Å². The van der Waals surface area contributed by atoms with Crippen molar-refractivity contribution in [3.05, 3.63) is 58.7 Å². The third-order valence-corrected chi connectivity index (χ3v) is 4.12. The molecule has 0 saturated heterocycles. The molecule has 1 N–H and O–H groups in total. The van der Waals surface area contributed by atoms with Crippen molar-refractivity contribution in [2.24, 2.45) is 0 Å². The van der Waals surface area contributed by atoms with Crippen LogP contribution in [0.2, 0.25) is 0 Å². The first-order chi connectivity index (χ1) is 11.1. The van der Waals surface area contributed by atoms with Crippen LogP contribution in [0, 0.1) is 0 Å². The van der Waals surface area contributed by atoms with E-state index in [1.807, 2.05) is 30.3 Å². The van der Waals surface area contributed by atoms with E-state index in [1.165, 1.54) is 13.3 Å². The maximum Gasteiger partial charge on any atom is 0.416 e. The van der Waals surface area contributed by atoms with E-state index in [2.05, 4.69) is 15.9 Å². The summed E-state index contributed by atoms with van der Waals surface area (Å²) in [5.74, 6) is 1.05. The van der Waals surface area contributed by atoms with Gasteiger partial charge in [0.2, 0.25) is 0 Å². The van der Waals surface area contributed by atoms with Gasteiger partial charge in [-0.3, -0.25) is 4.57 Å². The Balaban J connectivity index is 2.00. The standard InChI is InChI=1S/C17H14BrNO4/c1-22-15-8-14-12(13(18)9-19(14)17(20)21)7-16(15)23-10-11-5-3-2-4-6-11/h2-9H,10H2,1H3,(H,20,21). The van der Waals surface area contributed by atoms with Crippen LogP contribution in [0.5, 0.6) is 11.5 Å². The van der Waals surface area contributed by atoms with E-state index in [-0.39, 0.29) is 0 Å². The summed E-state index contributed by atoms with van der Waals surface area (Å²) in [7, 11) is 1.53. The zero-order valence-electron chi connectivity index (χ0n) is 12.3.